The van der Waals surface area contributed by atoms with E-state index in [-0.39, 0.29) is 30.9 Å². The molecule has 2 aromatic carbocycles. The number of nitrogens with zero attached hydrogens (tertiary/aromatic N) is 1. The first-order valence-electron chi connectivity index (χ1n) is 11.5. The van der Waals surface area contributed by atoms with Gasteiger partial charge in [-0.15, -0.1) is 0 Å². The number of carboxylic acid groups (broad SMARTS) is 1. The minimum absolute atomic E-state index is 0.00575. The van der Waals surface area contributed by atoms with Gasteiger partial charge in [-0.25, -0.2) is 9.59 Å². The minimum atomic E-state index is -1.06. The maximum atomic E-state index is 12.3. The molecule has 34 heavy (non-hydrogen) atoms. The van der Waals surface area contributed by atoms with Gasteiger partial charge in [0.25, 0.3) is 0 Å². The standard InChI is InChI=1S/C26H33N3O5/c1-17(24(30)28-23(25(31)32)15-29(2)3)9-8-14-27-26(33)34-16-22-20-12-6-4-10-18(20)19-11-5-7-13-21(19)22/h4-7,10-13,17,22-23H,8-9,14-16H2,1-3H3,(H,27,33)(H,28,30)(H,31,32)/t17?,23-/m0/s1. The van der Waals surface area contributed by atoms with Crippen molar-refractivity contribution in [3.8, 4) is 11.1 Å². The van der Waals surface area contributed by atoms with Crippen molar-refractivity contribution in [2.24, 2.45) is 5.92 Å². The number of benzene rings is 2. The summed E-state index contributed by atoms with van der Waals surface area (Å²) in [5, 5.41) is 14.6. The van der Waals surface area contributed by atoms with Crippen LogP contribution in [0.5, 0.6) is 0 Å². The second kappa shape index (κ2) is 11.7. The number of alkyl carbamates (subject to hydrolysis) is 1. The highest BCUT2D eigenvalue weighted by atomic mass is 16.5. The van der Waals surface area contributed by atoms with Gasteiger partial charge < -0.3 is 25.4 Å². The van der Waals surface area contributed by atoms with Crippen LogP contribution in [0.4, 0.5) is 4.79 Å². The number of carbonyl (C=O) groups is 3. The second-order valence-corrected chi connectivity index (χ2v) is 8.96. The number of rotatable bonds is 11. The van der Waals surface area contributed by atoms with Gasteiger partial charge in [-0.1, -0.05) is 55.5 Å². The van der Waals surface area contributed by atoms with Gasteiger partial charge in [0.1, 0.15) is 12.6 Å². The summed E-state index contributed by atoms with van der Waals surface area (Å²) in [5.74, 6) is -1.74. The van der Waals surface area contributed by atoms with E-state index in [2.05, 4.69) is 34.9 Å². The van der Waals surface area contributed by atoms with Crippen LogP contribution in [0.2, 0.25) is 0 Å². The zero-order chi connectivity index (χ0) is 24.7. The molecule has 0 heterocycles. The van der Waals surface area contributed by atoms with Crippen LogP contribution >= 0.6 is 0 Å². The van der Waals surface area contributed by atoms with E-state index < -0.39 is 18.1 Å². The highest BCUT2D eigenvalue weighted by molar-refractivity contribution is 5.85. The van der Waals surface area contributed by atoms with Gasteiger partial charge in [0.05, 0.1) is 0 Å². The molecule has 0 saturated carbocycles. The van der Waals surface area contributed by atoms with Crippen LogP contribution in [0.15, 0.2) is 48.5 Å². The molecule has 182 valence electrons. The van der Waals surface area contributed by atoms with Gasteiger partial charge in [0.2, 0.25) is 5.91 Å². The molecule has 2 atom stereocenters. The summed E-state index contributed by atoms with van der Waals surface area (Å²) in [6, 6.07) is 15.4. The first-order chi connectivity index (χ1) is 16.3. The normalized spacial score (nSPS) is 14.1. The van der Waals surface area contributed by atoms with Crippen LogP contribution in [-0.2, 0) is 14.3 Å². The van der Waals surface area contributed by atoms with Crippen molar-refractivity contribution in [3.63, 3.8) is 0 Å². The quantitative estimate of drug-likeness (QED) is 0.439. The summed E-state index contributed by atoms with van der Waals surface area (Å²) in [4.78, 5) is 37.6. The van der Waals surface area contributed by atoms with Crippen molar-refractivity contribution in [1.29, 1.82) is 0 Å². The molecule has 2 aromatic rings. The maximum Gasteiger partial charge on any atom is 0.407 e. The van der Waals surface area contributed by atoms with Crippen LogP contribution in [0, 0.1) is 5.92 Å². The summed E-state index contributed by atoms with van der Waals surface area (Å²) in [5.41, 5.74) is 4.67. The van der Waals surface area contributed by atoms with Crippen molar-refractivity contribution >= 4 is 18.0 Å². The first kappa shape index (κ1) is 25.2. The molecule has 1 aliphatic carbocycles. The van der Waals surface area contributed by atoms with Crippen molar-refractivity contribution in [3.05, 3.63) is 59.7 Å². The lowest BCUT2D eigenvalue weighted by Crippen LogP contribution is -2.48. The van der Waals surface area contributed by atoms with E-state index in [4.69, 9.17) is 4.74 Å². The van der Waals surface area contributed by atoms with Crippen LogP contribution in [0.25, 0.3) is 11.1 Å². The fourth-order valence-electron chi connectivity index (χ4n) is 4.24. The Labute approximate surface area is 200 Å². The van der Waals surface area contributed by atoms with E-state index in [1.807, 2.05) is 24.3 Å². The van der Waals surface area contributed by atoms with E-state index in [1.165, 1.54) is 11.1 Å². The van der Waals surface area contributed by atoms with Gasteiger partial charge in [0, 0.05) is 24.9 Å². The fourth-order valence-corrected chi connectivity index (χ4v) is 4.24. The summed E-state index contributed by atoms with van der Waals surface area (Å²) in [6.45, 7) is 2.59. The average Bonchev–Trinajstić information content (AvgIpc) is 3.13. The molecule has 8 heteroatoms. The molecule has 2 amide bonds. The minimum Gasteiger partial charge on any atom is -0.480 e. The molecule has 8 nitrogen and oxygen atoms in total. The highest BCUT2D eigenvalue weighted by Gasteiger charge is 2.29. The molecule has 0 aliphatic heterocycles. The Hall–Kier alpha value is -3.39. The van der Waals surface area contributed by atoms with Crippen molar-refractivity contribution < 1.29 is 24.2 Å². The molecule has 0 fully saturated rings. The number of hydrogen-bond donors (Lipinski definition) is 3. The van der Waals surface area contributed by atoms with Crippen LogP contribution in [-0.4, -0.2) is 67.8 Å². The predicted molar refractivity (Wildman–Crippen MR) is 130 cm³/mol. The van der Waals surface area contributed by atoms with Gasteiger partial charge in [0.15, 0.2) is 0 Å². The Morgan fingerprint density at radius 1 is 1.03 bits per heavy atom. The highest BCUT2D eigenvalue weighted by Crippen LogP contribution is 2.44. The molecule has 3 rings (SSSR count). The topological polar surface area (TPSA) is 108 Å². The Kier molecular flexibility index (Phi) is 8.65. The zero-order valence-electron chi connectivity index (χ0n) is 19.9. The van der Waals surface area contributed by atoms with Gasteiger partial charge in [-0.2, -0.15) is 0 Å². The largest absolute Gasteiger partial charge is 0.480 e. The summed E-state index contributed by atoms with van der Waals surface area (Å²) in [6.07, 6.45) is 0.601. The van der Waals surface area contributed by atoms with Crippen LogP contribution in [0.3, 0.4) is 0 Å². The number of aliphatic carboxylic acids is 1. The third-order valence-corrected chi connectivity index (χ3v) is 6.04. The van der Waals surface area contributed by atoms with Gasteiger partial charge in [-0.05, 0) is 49.2 Å². The molecular formula is C26H33N3O5. The fraction of sp³-hybridized carbons (Fsp3) is 0.423. The van der Waals surface area contributed by atoms with E-state index in [1.54, 1.807) is 25.9 Å². The van der Waals surface area contributed by atoms with Crippen molar-refractivity contribution in [2.45, 2.75) is 31.7 Å². The molecule has 1 aliphatic rings. The second-order valence-electron chi connectivity index (χ2n) is 8.96. The molecular weight excluding hydrogens is 434 g/mol. The number of ether oxygens (including phenoxy) is 1. The zero-order valence-corrected chi connectivity index (χ0v) is 19.9. The van der Waals surface area contributed by atoms with E-state index in [0.29, 0.717) is 19.4 Å². The Morgan fingerprint density at radius 3 is 2.18 bits per heavy atom. The van der Waals surface area contributed by atoms with Gasteiger partial charge in [-0.3, -0.25) is 4.79 Å². The number of likely N-dealkylation sites (N-methyl/N-ethyl adjacent to an activating group) is 1. The average molecular weight is 468 g/mol. The van der Waals surface area contributed by atoms with Crippen LogP contribution in [0.1, 0.15) is 36.8 Å². The number of carbonyl (C=O) groups excluding carboxylic acids is 2. The number of fused-ring (bicyclic) bond motifs is 3. The number of nitrogens with one attached hydrogen (secondary N) is 2. The number of hydrogen-bond acceptors (Lipinski definition) is 5. The number of carboxylic acids is 1. The summed E-state index contributed by atoms with van der Waals surface area (Å²) >= 11 is 0. The third kappa shape index (κ3) is 6.35. The Morgan fingerprint density at radius 2 is 1.62 bits per heavy atom. The molecule has 0 aromatic heterocycles. The van der Waals surface area contributed by atoms with Gasteiger partial charge >= 0.3 is 12.1 Å². The maximum absolute atomic E-state index is 12.3. The smallest absolute Gasteiger partial charge is 0.407 e. The lowest BCUT2D eigenvalue weighted by molar-refractivity contribution is -0.142. The SMILES string of the molecule is CC(CCCNC(=O)OCC1c2ccccc2-c2ccccc21)C(=O)N[C@@H](CN(C)C)C(=O)O. The Bertz CT molecular complexity index is 978. The van der Waals surface area contributed by atoms with Crippen molar-refractivity contribution in [1.82, 2.24) is 15.5 Å². The number of amides is 2. The van der Waals surface area contributed by atoms with Crippen LogP contribution < -0.4 is 10.6 Å². The lowest BCUT2D eigenvalue weighted by Gasteiger charge is -2.20. The molecule has 0 radical (unpaired) electrons. The van der Waals surface area contributed by atoms with E-state index in [9.17, 15) is 19.5 Å². The third-order valence-electron chi connectivity index (χ3n) is 6.04. The lowest BCUT2D eigenvalue weighted by atomic mass is 9.98. The summed E-state index contributed by atoms with van der Waals surface area (Å²) < 4.78 is 5.51. The van der Waals surface area contributed by atoms with E-state index >= 15 is 0 Å². The Balaban J connectivity index is 1.41. The molecule has 3 N–H and O–H groups in total. The molecule has 0 bridgehead atoms. The van der Waals surface area contributed by atoms with E-state index in [0.717, 1.165) is 11.1 Å². The first-order valence-corrected chi connectivity index (χ1v) is 11.5. The molecule has 0 spiro atoms. The van der Waals surface area contributed by atoms with Crippen molar-refractivity contribution in [2.75, 3.05) is 33.8 Å². The summed E-state index contributed by atoms with van der Waals surface area (Å²) in [7, 11) is 3.50. The molecule has 1 unspecified atom stereocenters. The monoisotopic (exact) mass is 467 g/mol. The molecule has 0 saturated heterocycles. The predicted octanol–water partition coefficient (Wildman–Crippen LogP) is 3.07.